The quantitative estimate of drug-likeness (QED) is 0.109. The molecule has 0 bridgehead atoms. The second-order valence-electron chi connectivity index (χ2n) is 14.9. The minimum Gasteiger partial charge on any atom is -0.505 e. The number of aliphatic hydroxyl groups is 2. The van der Waals surface area contributed by atoms with E-state index >= 15 is 0 Å². The third-order valence-corrected chi connectivity index (χ3v) is 15.6. The Labute approximate surface area is 311 Å². The molecular weight excluding hydrogens is 694 g/mol. The van der Waals surface area contributed by atoms with Crippen molar-refractivity contribution >= 4 is 42.7 Å². The summed E-state index contributed by atoms with van der Waals surface area (Å²) < 4.78 is 26.2. The summed E-state index contributed by atoms with van der Waals surface area (Å²) in [6.07, 6.45) is 1.76. The van der Waals surface area contributed by atoms with Gasteiger partial charge in [0.2, 0.25) is 11.8 Å². The van der Waals surface area contributed by atoms with E-state index in [9.17, 15) is 34.1 Å². The molecule has 0 saturated carbocycles. The highest BCUT2D eigenvalue weighted by Gasteiger charge is 2.58. The fourth-order valence-electron chi connectivity index (χ4n) is 8.24. The minimum atomic E-state index is -3.10. The lowest BCUT2D eigenvalue weighted by Gasteiger charge is -2.44. The van der Waals surface area contributed by atoms with E-state index < -0.39 is 68.3 Å². The molecule has 3 aromatic rings. The number of hydrogen-bond acceptors (Lipinski definition) is 8. The molecule has 1 saturated heterocycles. The van der Waals surface area contributed by atoms with Crippen molar-refractivity contribution in [2.75, 3.05) is 20.3 Å². The number of allylic oxidation sites excluding steroid dienone is 1. The first kappa shape index (κ1) is 39.8. The van der Waals surface area contributed by atoms with Crippen LogP contribution in [-0.4, -0.2) is 72.9 Å². The zero-order valence-corrected chi connectivity index (χ0v) is 32.1. The van der Waals surface area contributed by atoms with Crippen molar-refractivity contribution in [1.29, 1.82) is 0 Å². The van der Waals surface area contributed by atoms with Gasteiger partial charge in [-0.05, 0) is 69.9 Å². The normalized spacial score (nSPS) is 20.1. The van der Waals surface area contributed by atoms with Gasteiger partial charge in [-0.15, -0.1) is 0 Å². The summed E-state index contributed by atoms with van der Waals surface area (Å²) in [6.45, 7) is 7.92. The molecular formula is C42H50FNO8Si. The average molecular weight is 744 g/mol. The van der Waals surface area contributed by atoms with E-state index in [4.69, 9.17) is 9.16 Å². The van der Waals surface area contributed by atoms with Crippen LogP contribution in [-0.2, 0) is 18.8 Å². The molecule has 2 aliphatic rings. The van der Waals surface area contributed by atoms with Crippen molar-refractivity contribution in [2.45, 2.75) is 70.9 Å². The maximum atomic E-state index is 14.2. The van der Waals surface area contributed by atoms with Crippen LogP contribution < -0.4 is 10.4 Å². The summed E-state index contributed by atoms with van der Waals surface area (Å²) in [5.41, 5.74) is 2.57. The Hall–Kier alpha value is -4.42. The Kier molecular flexibility index (Phi) is 12.5. The Morgan fingerprint density at radius 3 is 2.15 bits per heavy atom. The van der Waals surface area contributed by atoms with Crippen LogP contribution in [0.1, 0.15) is 65.4 Å². The van der Waals surface area contributed by atoms with Crippen molar-refractivity contribution in [3.63, 3.8) is 0 Å². The molecule has 3 amide bonds. The second kappa shape index (κ2) is 16.7. The minimum absolute atomic E-state index is 0.0174. The van der Waals surface area contributed by atoms with E-state index in [1.807, 2.05) is 49.4 Å². The van der Waals surface area contributed by atoms with Gasteiger partial charge in [-0.1, -0.05) is 112 Å². The van der Waals surface area contributed by atoms with Crippen LogP contribution in [0.4, 0.5) is 9.18 Å². The maximum Gasteiger partial charge on any atom is 0.423 e. The molecule has 282 valence electrons. The van der Waals surface area contributed by atoms with Crippen LogP contribution in [0.2, 0.25) is 5.04 Å². The fraction of sp³-hybridized carbons (Fsp3) is 0.405. The highest BCUT2D eigenvalue weighted by molar-refractivity contribution is 6.99. The van der Waals surface area contributed by atoms with Crippen LogP contribution >= 0.6 is 0 Å². The first-order chi connectivity index (χ1) is 25.3. The summed E-state index contributed by atoms with van der Waals surface area (Å²) in [5, 5.41) is 34.4. The topological polar surface area (TPSA) is 134 Å². The lowest BCUT2D eigenvalue weighted by molar-refractivity contribution is -0.137. The monoisotopic (exact) mass is 743 g/mol. The fourth-order valence-corrected chi connectivity index (χ4v) is 12.8. The lowest BCUT2D eigenvalue weighted by Crippen LogP contribution is -2.66. The van der Waals surface area contributed by atoms with Gasteiger partial charge in [0.15, 0.2) is 11.6 Å². The summed E-state index contributed by atoms with van der Waals surface area (Å²) in [5.74, 6) is -5.61. The van der Waals surface area contributed by atoms with Crippen molar-refractivity contribution in [3.8, 4) is 5.75 Å². The molecule has 0 radical (unpaired) electrons. The van der Waals surface area contributed by atoms with E-state index in [1.54, 1.807) is 6.07 Å². The first-order valence-electron chi connectivity index (χ1n) is 18.2. The molecule has 11 heteroatoms. The van der Waals surface area contributed by atoms with Crippen LogP contribution in [0, 0.1) is 23.6 Å². The Morgan fingerprint density at radius 1 is 1.00 bits per heavy atom. The third kappa shape index (κ3) is 7.94. The van der Waals surface area contributed by atoms with Crippen molar-refractivity contribution in [3.05, 3.63) is 107 Å². The van der Waals surface area contributed by atoms with E-state index in [0.29, 0.717) is 34.5 Å². The Bertz CT molecular complexity index is 1820. The van der Waals surface area contributed by atoms with Crippen molar-refractivity contribution < 1.29 is 43.3 Å². The average Bonchev–Trinajstić information content (AvgIpc) is 3.40. The summed E-state index contributed by atoms with van der Waals surface area (Å²) in [6, 6.07) is 24.3. The van der Waals surface area contributed by atoms with Crippen LogP contribution in [0.3, 0.4) is 0 Å². The van der Waals surface area contributed by atoms with Crippen LogP contribution in [0.15, 0.2) is 95.6 Å². The van der Waals surface area contributed by atoms with Gasteiger partial charge in [-0.2, -0.15) is 4.90 Å². The van der Waals surface area contributed by atoms with Crippen molar-refractivity contribution in [1.82, 2.24) is 4.90 Å². The van der Waals surface area contributed by atoms with E-state index in [0.717, 1.165) is 29.5 Å². The largest absolute Gasteiger partial charge is 0.505 e. The molecule has 9 nitrogen and oxygen atoms in total. The number of likely N-dealkylation sites (tertiary alicyclic amines) is 1. The number of hydrogen-bond donors (Lipinski definition) is 3. The number of aromatic hydroxyl groups is 1. The number of phenolic OH excluding ortho intramolecular Hbond substituents is 1. The highest BCUT2D eigenvalue weighted by Crippen LogP contribution is 2.47. The second-order valence-corrected chi connectivity index (χ2v) is 19.2. The number of imide groups is 3. The standard InChI is InChI=1S/C42H50FNO8Si/c1-6-13-27(22-28-19-20-35(46)34(43)23-28)18-21-36(47)37-29(24-32-38(33(37)25-45)40(49)44(39(32)48)41(50)51-5)26-52-53(42(2,3)4,30-14-9-7-10-15-30)31-16-11-8-12-17-31/h7-12,14-17,19-20,22-23,32-33,36,38,45-47H,6,13,18,21,24-26H2,1-5H3/b27-22+/t32-,33+,36-,38-/m1/s1. The number of carbonyl (C=O) groups excluding carboxylic acids is 3. The van der Waals surface area contributed by atoms with Gasteiger partial charge in [0, 0.05) is 5.92 Å². The maximum absolute atomic E-state index is 14.2. The molecule has 3 aromatic carbocycles. The number of methoxy groups -OCH3 is 1. The molecule has 0 spiro atoms. The number of ether oxygens (including phenoxy) is 1. The first-order valence-corrected chi connectivity index (χ1v) is 20.1. The molecule has 1 aliphatic carbocycles. The SMILES string of the molecule is CCC/C(=C\c1ccc(O)c(F)c1)CC[C@@H](O)C1=C(CO[Si](c2ccccc2)(c2ccccc2)C(C)(C)C)C[C@H]2C(=O)N(C(=O)OC)C(=O)[C@H]2[C@H]1CO. The van der Waals surface area contributed by atoms with Gasteiger partial charge in [0.25, 0.3) is 8.32 Å². The number of amides is 3. The van der Waals surface area contributed by atoms with Crippen LogP contribution in [0.5, 0.6) is 5.75 Å². The number of rotatable bonds is 13. The van der Waals surface area contributed by atoms with Crippen molar-refractivity contribution in [2.24, 2.45) is 17.8 Å². The summed E-state index contributed by atoms with van der Waals surface area (Å²) >= 11 is 0. The number of carbonyl (C=O) groups is 3. The zero-order chi connectivity index (χ0) is 38.5. The van der Waals surface area contributed by atoms with Gasteiger partial charge in [-0.25, -0.2) is 9.18 Å². The molecule has 5 rings (SSSR count). The van der Waals surface area contributed by atoms with E-state index in [-0.39, 0.29) is 24.5 Å². The van der Waals surface area contributed by atoms with Gasteiger partial charge >= 0.3 is 6.09 Å². The van der Waals surface area contributed by atoms with Gasteiger partial charge in [0.1, 0.15) is 0 Å². The highest BCUT2D eigenvalue weighted by atomic mass is 28.4. The van der Waals surface area contributed by atoms with Gasteiger partial charge < -0.3 is 24.5 Å². The predicted octanol–water partition coefficient (Wildman–Crippen LogP) is 6.11. The molecule has 1 fully saturated rings. The Balaban J connectivity index is 1.59. The number of nitrogens with zero attached hydrogens (tertiary/aromatic N) is 1. The number of halogens is 1. The molecule has 1 aliphatic heterocycles. The zero-order valence-electron chi connectivity index (χ0n) is 31.1. The molecule has 53 heavy (non-hydrogen) atoms. The third-order valence-electron chi connectivity index (χ3n) is 10.6. The molecule has 0 aromatic heterocycles. The van der Waals surface area contributed by atoms with Gasteiger partial charge in [-0.3, -0.25) is 9.59 Å². The molecule has 0 unspecified atom stereocenters. The summed E-state index contributed by atoms with van der Waals surface area (Å²) in [4.78, 5) is 40.6. The molecule has 4 atom stereocenters. The smallest absolute Gasteiger partial charge is 0.423 e. The Morgan fingerprint density at radius 2 is 1.62 bits per heavy atom. The number of aliphatic hydroxyl groups excluding tert-OH is 2. The van der Waals surface area contributed by atoms with E-state index in [2.05, 4.69) is 45.0 Å². The summed E-state index contributed by atoms with van der Waals surface area (Å²) in [7, 11) is -2.01. The predicted molar refractivity (Wildman–Crippen MR) is 203 cm³/mol. The number of fused-ring (bicyclic) bond motifs is 1. The number of phenols is 1. The van der Waals surface area contributed by atoms with E-state index in [1.165, 1.54) is 12.1 Å². The lowest BCUT2D eigenvalue weighted by atomic mass is 9.68. The molecule has 1 heterocycles. The van der Waals surface area contributed by atoms with Gasteiger partial charge in [0.05, 0.1) is 38.3 Å². The number of benzene rings is 3. The van der Waals surface area contributed by atoms with Crippen LogP contribution in [0.25, 0.3) is 6.08 Å². The molecule has 3 N–H and O–H groups in total.